The van der Waals surface area contributed by atoms with E-state index in [9.17, 15) is 4.79 Å². The van der Waals surface area contributed by atoms with Crippen molar-refractivity contribution in [3.05, 3.63) is 58.6 Å². The Balaban J connectivity index is 2.05. The van der Waals surface area contributed by atoms with Crippen molar-refractivity contribution >= 4 is 23.3 Å². The van der Waals surface area contributed by atoms with Crippen LogP contribution in [0.25, 0.3) is 0 Å². The molecular weight excluding hydrogens is 278 g/mol. The standard InChI is InChI=1S/C15H14ClNO3/c1-19-14-8-11(5-6-13(14)17)15(18)20-9-10-3-2-4-12(16)7-10/h2-8H,9,17H2,1H3. The molecule has 0 aliphatic heterocycles. The van der Waals surface area contributed by atoms with E-state index >= 15 is 0 Å². The largest absolute Gasteiger partial charge is 0.495 e. The van der Waals surface area contributed by atoms with Crippen molar-refractivity contribution in [2.75, 3.05) is 12.8 Å². The van der Waals surface area contributed by atoms with Gasteiger partial charge in [-0.05, 0) is 35.9 Å². The summed E-state index contributed by atoms with van der Waals surface area (Å²) in [6, 6.07) is 11.9. The Bertz CT molecular complexity index is 628. The van der Waals surface area contributed by atoms with Crippen molar-refractivity contribution in [2.45, 2.75) is 6.61 Å². The number of nitrogen functional groups attached to an aromatic ring is 1. The maximum Gasteiger partial charge on any atom is 0.338 e. The molecule has 0 aromatic heterocycles. The number of nitrogens with two attached hydrogens (primary N) is 1. The molecule has 20 heavy (non-hydrogen) atoms. The quantitative estimate of drug-likeness (QED) is 0.693. The van der Waals surface area contributed by atoms with E-state index in [1.165, 1.54) is 7.11 Å². The van der Waals surface area contributed by atoms with Crippen molar-refractivity contribution in [2.24, 2.45) is 0 Å². The molecule has 0 saturated carbocycles. The lowest BCUT2D eigenvalue weighted by atomic mass is 10.2. The van der Waals surface area contributed by atoms with Gasteiger partial charge in [0.05, 0.1) is 18.4 Å². The van der Waals surface area contributed by atoms with Crippen LogP contribution in [0.15, 0.2) is 42.5 Å². The van der Waals surface area contributed by atoms with E-state index in [4.69, 9.17) is 26.8 Å². The fourth-order valence-corrected chi connectivity index (χ4v) is 1.91. The molecule has 0 unspecified atom stereocenters. The normalized spacial score (nSPS) is 10.1. The van der Waals surface area contributed by atoms with Gasteiger partial charge in [-0.1, -0.05) is 23.7 Å². The Hall–Kier alpha value is -2.20. The molecular formula is C15H14ClNO3. The van der Waals surface area contributed by atoms with Crippen LogP contribution in [-0.2, 0) is 11.3 Å². The number of anilines is 1. The van der Waals surface area contributed by atoms with Gasteiger partial charge in [-0.15, -0.1) is 0 Å². The van der Waals surface area contributed by atoms with Crippen LogP contribution in [0.1, 0.15) is 15.9 Å². The first-order valence-corrected chi connectivity index (χ1v) is 6.33. The lowest BCUT2D eigenvalue weighted by molar-refractivity contribution is 0.0472. The maximum atomic E-state index is 11.9. The average Bonchev–Trinajstić information content (AvgIpc) is 2.45. The van der Waals surface area contributed by atoms with Crippen LogP contribution >= 0.6 is 11.6 Å². The van der Waals surface area contributed by atoms with E-state index in [-0.39, 0.29) is 6.61 Å². The van der Waals surface area contributed by atoms with Crippen LogP contribution in [0.4, 0.5) is 5.69 Å². The van der Waals surface area contributed by atoms with Crippen LogP contribution in [0, 0.1) is 0 Å². The molecule has 104 valence electrons. The van der Waals surface area contributed by atoms with Crippen molar-refractivity contribution in [3.63, 3.8) is 0 Å². The number of benzene rings is 2. The van der Waals surface area contributed by atoms with Crippen LogP contribution in [0.2, 0.25) is 5.02 Å². The summed E-state index contributed by atoms with van der Waals surface area (Å²) < 4.78 is 10.3. The fourth-order valence-electron chi connectivity index (χ4n) is 1.70. The zero-order chi connectivity index (χ0) is 14.5. The van der Waals surface area contributed by atoms with E-state index < -0.39 is 5.97 Å². The molecule has 0 amide bonds. The van der Waals surface area contributed by atoms with Crippen LogP contribution in [0.3, 0.4) is 0 Å². The summed E-state index contributed by atoms with van der Waals surface area (Å²) in [6.07, 6.45) is 0. The zero-order valence-electron chi connectivity index (χ0n) is 10.9. The number of carbonyl (C=O) groups excluding carboxylic acids is 1. The number of halogens is 1. The van der Waals surface area contributed by atoms with Gasteiger partial charge in [-0.2, -0.15) is 0 Å². The minimum Gasteiger partial charge on any atom is -0.495 e. The summed E-state index contributed by atoms with van der Waals surface area (Å²) in [5.74, 6) is 0.00508. The van der Waals surface area contributed by atoms with E-state index in [1.807, 2.05) is 6.07 Å². The van der Waals surface area contributed by atoms with E-state index in [1.54, 1.807) is 36.4 Å². The highest BCUT2D eigenvalue weighted by atomic mass is 35.5. The van der Waals surface area contributed by atoms with E-state index in [2.05, 4.69) is 0 Å². The summed E-state index contributed by atoms with van der Waals surface area (Å²) in [5.41, 5.74) is 7.38. The Labute approximate surface area is 122 Å². The Morgan fingerprint density at radius 1 is 1.25 bits per heavy atom. The smallest absolute Gasteiger partial charge is 0.338 e. The molecule has 0 aliphatic rings. The van der Waals surface area contributed by atoms with Crippen molar-refractivity contribution in [1.82, 2.24) is 0 Å². The second kappa shape index (κ2) is 6.30. The van der Waals surface area contributed by atoms with E-state index in [0.717, 1.165) is 5.56 Å². The van der Waals surface area contributed by atoms with Crippen molar-refractivity contribution in [3.8, 4) is 5.75 Å². The molecule has 2 aromatic carbocycles. The lowest BCUT2D eigenvalue weighted by Crippen LogP contribution is -2.06. The van der Waals surface area contributed by atoms with Crippen molar-refractivity contribution < 1.29 is 14.3 Å². The molecule has 0 spiro atoms. The van der Waals surface area contributed by atoms with Crippen LogP contribution < -0.4 is 10.5 Å². The molecule has 5 heteroatoms. The fraction of sp³-hybridized carbons (Fsp3) is 0.133. The molecule has 0 radical (unpaired) electrons. The maximum absolute atomic E-state index is 11.9. The molecule has 2 N–H and O–H groups in total. The van der Waals surface area contributed by atoms with Crippen molar-refractivity contribution in [1.29, 1.82) is 0 Å². The second-order valence-corrected chi connectivity index (χ2v) is 4.60. The summed E-state index contributed by atoms with van der Waals surface area (Å²) in [4.78, 5) is 11.9. The van der Waals surface area contributed by atoms with Gasteiger partial charge in [0.25, 0.3) is 0 Å². The molecule has 2 aromatic rings. The molecule has 0 aliphatic carbocycles. The number of carbonyl (C=O) groups is 1. The number of esters is 1. The predicted molar refractivity (Wildman–Crippen MR) is 78.0 cm³/mol. The van der Waals surface area contributed by atoms with Gasteiger partial charge < -0.3 is 15.2 Å². The van der Waals surface area contributed by atoms with Gasteiger partial charge >= 0.3 is 5.97 Å². The first kappa shape index (κ1) is 14.2. The molecule has 0 fully saturated rings. The molecule has 0 heterocycles. The number of rotatable bonds is 4. The molecule has 0 saturated heterocycles. The van der Waals surface area contributed by atoms with Gasteiger partial charge in [0.1, 0.15) is 12.4 Å². The van der Waals surface area contributed by atoms with Gasteiger partial charge in [-0.25, -0.2) is 4.79 Å². The molecule has 4 nitrogen and oxygen atoms in total. The van der Waals surface area contributed by atoms with Gasteiger partial charge in [0.2, 0.25) is 0 Å². The first-order valence-electron chi connectivity index (χ1n) is 5.95. The predicted octanol–water partition coefficient (Wildman–Crippen LogP) is 3.29. The second-order valence-electron chi connectivity index (χ2n) is 4.16. The summed E-state index contributed by atoms with van der Waals surface area (Å²) in [5, 5.41) is 0.604. The third-order valence-electron chi connectivity index (χ3n) is 2.73. The minimum absolute atomic E-state index is 0.159. The first-order chi connectivity index (χ1) is 9.60. The van der Waals surface area contributed by atoms with E-state index in [0.29, 0.717) is 22.0 Å². The summed E-state index contributed by atoms with van der Waals surface area (Å²) in [6.45, 7) is 0.159. The number of hydrogen-bond acceptors (Lipinski definition) is 4. The number of ether oxygens (including phenoxy) is 2. The van der Waals surface area contributed by atoms with Gasteiger partial charge in [0, 0.05) is 5.02 Å². The summed E-state index contributed by atoms with van der Waals surface area (Å²) in [7, 11) is 1.49. The third kappa shape index (κ3) is 3.42. The SMILES string of the molecule is COc1cc(C(=O)OCc2cccc(Cl)c2)ccc1N. The lowest BCUT2D eigenvalue weighted by Gasteiger charge is -2.08. The minimum atomic E-state index is -0.441. The van der Waals surface area contributed by atoms with Gasteiger partial charge in [0.15, 0.2) is 0 Å². The number of methoxy groups -OCH3 is 1. The Morgan fingerprint density at radius 3 is 2.75 bits per heavy atom. The average molecular weight is 292 g/mol. The highest BCUT2D eigenvalue weighted by Gasteiger charge is 2.10. The Kier molecular flexibility index (Phi) is 4.48. The molecule has 0 bridgehead atoms. The zero-order valence-corrected chi connectivity index (χ0v) is 11.7. The third-order valence-corrected chi connectivity index (χ3v) is 2.96. The molecule has 0 atom stereocenters. The monoisotopic (exact) mass is 291 g/mol. The molecule has 2 rings (SSSR count). The topological polar surface area (TPSA) is 61.5 Å². The summed E-state index contributed by atoms with van der Waals surface area (Å²) >= 11 is 5.86. The number of hydrogen-bond donors (Lipinski definition) is 1. The van der Waals surface area contributed by atoms with Crippen LogP contribution in [0.5, 0.6) is 5.75 Å². The van der Waals surface area contributed by atoms with Crippen LogP contribution in [-0.4, -0.2) is 13.1 Å². The Morgan fingerprint density at radius 2 is 2.05 bits per heavy atom. The highest BCUT2D eigenvalue weighted by molar-refractivity contribution is 6.30. The highest BCUT2D eigenvalue weighted by Crippen LogP contribution is 2.22. The van der Waals surface area contributed by atoms with Gasteiger partial charge in [-0.3, -0.25) is 0 Å².